The average molecular weight is 290 g/mol. The number of amides is 1. The van der Waals surface area contributed by atoms with Gasteiger partial charge in [0, 0.05) is 25.0 Å². The topological polar surface area (TPSA) is 59.0 Å². The maximum atomic E-state index is 11.8. The SMILES string of the molecule is CC(Cn1cccn1)NCC(=O)NCCC1=CCCCC1. The summed E-state index contributed by atoms with van der Waals surface area (Å²) in [5, 5.41) is 10.4. The molecule has 2 rings (SSSR count). The van der Waals surface area contributed by atoms with E-state index < -0.39 is 0 Å². The first-order valence-corrected chi connectivity index (χ1v) is 7.89. The van der Waals surface area contributed by atoms with E-state index in [-0.39, 0.29) is 11.9 Å². The lowest BCUT2D eigenvalue weighted by Crippen LogP contribution is -2.40. The van der Waals surface area contributed by atoms with Crippen molar-refractivity contribution in [1.29, 1.82) is 0 Å². The van der Waals surface area contributed by atoms with Crippen molar-refractivity contribution in [3.8, 4) is 0 Å². The second kappa shape index (κ2) is 8.62. The van der Waals surface area contributed by atoms with Crippen molar-refractivity contribution in [3.63, 3.8) is 0 Å². The van der Waals surface area contributed by atoms with Gasteiger partial charge in [-0.15, -0.1) is 0 Å². The minimum absolute atomic E-state index is 0.0683. The molecule has 0 aromatic carbocycles. The predicted octanol–water partition coefficient (Wildman–Crippen LogP) is 1.87. The number of carbonyl (C=O) groups is 1. The average Bonchev–Trinajstić information content (AvgIpc) is 2.99. The smallest absolute Gasteiger partial charge is 0.233 e. The monoisotopic (exact) mass is 290 g/mol. The molecule has 0 spiro atoms. The zero-order valence-corrected chi connectivity index (χ0v) is 12.8. The molecule has 1 aliphatic carbocycles. The summed E-state index contributed by atoms with van der Waals surface area (Å²) in [6.45, 7) is 3.94. The molecular weight excluding hydrogens is 264 g/mol. The number of rotatable bonds is 8. The van der Waals surface area contributed by atoms with Gasteiger partial charge in [-0.2, -0.15) is 5.10 Å². The first-order valence-electron chi connectivity index (χ1n) is 7.89. The van der Waals surface area contributed by atoms with E-state index >= 15 is 0 Å². The third kappa shape index (κ3) is 6.12. The highest BCUT2D eigenvalue weighted by Gasteiger charge is 2.07. The number of hydrogen-bond acceptors (Lipinski definition) is 3. The third-order valence-corrected chi connectivity index (χ3v) is 3.78. The molecule has 2 N–H and O–H groups in total. The van der Waals surface area contributed by atoms with Crippen LogP contribution in [-0.2, 0) is 11.3 Å². The van der Waals surface area contributed by atoms with Crippen molar-refractivity contribution in [1.82, 2.24) is 20.4 Å². The van der Waals surface area contributed by atoms with Crippen LogP contribution in [0, 0.1) is 0 Å². The first-order chi connectivity index (χ1) is 10.2. The quantitative estimate of drug-likeness (QED) is 0.719. The van der Waals surface area contributed by atoms with Gasteiger partial charge in [0.05, 0.1) is 13.1 Å². The Labute approximate surface area is 126 Å². The summed E-state index contributed by atoms with van der Waals surface area (Å²) >= 11 is 0. The molecule has 1 unspecified atom stereocenters. The molecule has 0 aliphatic heterocycles. The Hall–Kier alpha value is -1.62. The standard InChI is InChI=1S/C16H26N4O/c1-14(13-20-11-5-9-19-20)18-12-16(21)17-10-8-15-6-3-2-4-7-15/h5-6,9,11,14,18H,2-4,7-8,10,12-13H2,1H3,(H,17,21). The zero-order chi connectivity index (χ0) is 14.9. The fourth-order valence-electron chi connectivity index (χ4n) is 2.58. The largest absolute Gasteiger partial charge is 0.355 e. The minimum Gasteiger partial charge on any atom is -0.355 e. The van der Waals surface area contributed by atoms with Gasteiger partial charge < -0.3 is 10.6 Å². The van der Waals surface area contributed by atoms with Crippen LogP contribution in [0.3, 0.4) is 0 Å². The molecule has 1 heterocycles. The molecule has 1 atom stereocenters. The molecule has 21 heavy (non-hydrogen) atoms. The van der Waals surface area contributed by atoms with Crippen LogP contribution in [0.4, 0.5) is 0 Å². The molecule has 0 radical (unpaired) electrons. The molecular formula is C16H26N4O. The van der Waals surface area contributed by atoms with Crippen LogP contribution < -0.4 is 10.6 Å². The van der Waals surface area contributed by atoms with Crippen LogP contribution in [0.15, 0.2) is 30.1 Å². The van der Waals surface area contributed by atoms with E-state index in [0.29, 0.717) is 6.54 Å². The number of carbonyl (C=O) groups excluding carboxylic acids is 1. The highest BCUT2D eigenvalue weighted by Crippen LogP contribution is 2.19. The molecule has 1 aliphatic rings. The highest BCUT2D eigenvalue weighted by molar-refractivity contribution is 5.77. The van der Waals surface area contributed by atoms with E-state index in [2.05, 4.69) is 28.7 Å². The maximum absolute atomic E-state index is 11.8. The van der Waals surface area contributed by atoms with Crippen molar-refractivity contribution in [3.05, 3.63) is 30.1 Å². The van der Waals surface area contributed by atoms with Gasteiger partial charge in [0.25, 0.3) is 0 Å². The lowest BCUT2D eigenvalue weighted by atomic mass is 9.97. The summed E-state index contributed by atoms with van der Waals surface area (Å²) < 4.78 is 1.87. The van der Waals surface area contributed by atoms with E-state index in [4.69, 9.17) is 0 Å². The lowest BCUT2D eigenvalue weighted by Gasteiger charge is -2.15. The van der Waals surface area contributed by atoms with E-state index in [1.807, 2.05) is 16.9 Å². The Bertz CT molecular complexity index is 453. The summed E-state index contributed by atoms with van der Waals surface area (Å²) in [6, 6.07) is 2.12. The van der Waals surface area contributed by atoms with Crippen molar-refractivity contribution in [2.45, 2.75) is 51.6 Å². The van der Waals surface area contributed by atoms with E-state index in [9.17, 15) is 4.79 Å². The van der Waals surface area contributed by atoms with Crippen molar-refractivity contribution < 1.29 is 4.79 Å². The Kier molecular flexibility index (Phi) is 6.47. The fraction of sp³-hybridized carbons (Fsp3) is 0.625. The lowest BCUT2D eigenvalue weighted by molar-refractivity contribution is -0.120. The normalized spacial score (nSPS) is 16.3. The molecule has 0 fully saturated rings. The molecule has 116 valence electrons. The van der Waals surface area contributed by atoms with Crippen LogP contribution in [0.5, 0.6) is 0 Å². The van der Waals surface area contributed by atoms with Gasteiger partial charge in [-0.3, -0.25) is 9.48 Å². The van der Waals surface area contributed by atoms with Gasteiger partial charge in [-0.05, 0) is 45.1 Å². The number of nitrogens with one attached hydrogen (secondary N) is 2. The van der Waals surface area contributed by atoms with Crippen LogP contribution in [-0.4, -0.2) is 34.8 Å². The van der Waals surface area contributed by atoms with Crippen LogP contribution in [0.25, 0.3) is 0 Å². The van der Waals surface area contributed by atoms with E-state index in [1.54, 1.807) is 6.20 Å². The second-order valence-electron chi connectivity index (χ2n) is 5.72. The van der Waals surface area contributed by atoms with Gasteiger partial charge in [0.1, 0.15) is 0 Å². The van der Waals surface area contributed by atoms with E-state index in [0.717, 1.165) is 19.5 Å². The molecule has 5 nitrogen and oxygen atoms in total. The van der Waals surface area contributed by atoms with Gasteiger partial charge in [-0.25, -0.2) is 0 Å². The Morgan fingerprint density at radius 2 is 2.38 bits per heavy atom. The number of hydrogen-bond donors (Lipinski definition) is 2. The molecule has 0 saturated heterocycles. The van der Waals surface area contributed by atoms with E-state index in [1.165, 1.54) is 31.3 Å². The first kappa shape index (κ1) is 15.8. The Balaban J connectivity index is 1.55. The minimum atomic E-state index is 0.0683. The number of nitrogens with zero attached hydrogens (tertiary/aromatic N) is 2. The van der Waals surface area contributed by atoms with Crippen LogP contribution >= 0.6 is 0 Å². The Morgan fingerprint density at radius 1 is 1.48 bits per heavy atom. The predicted molar refractivity (Wildman–Crippen MR) is 83.9 cm³/mol. The second-order valence-corrected chi connectivity index (χ2v) is 5.72. The summed E-state index contributed by atoms with van der Waals surface area (Å²) in [6.07, 6.45) is 12.0. The molecule has 0 saturated carbocycles. The highest BCUT2D eigenvalue weighted by atomic mass is 16.1. The molecule has 5 heteroatoms. The fourth-order valence-corrected chi connectivity index (χ4v) is 2.58. The zero-order valence-electron chi connectivity index (χ0n) is 12.8. The summed E-state index contributed by atoms with van der Waals surface area (Å²) in [7, 11) is 0. The molecule has 1 aromatic heterocycles. The summed E-state index contributed by atoms with van der Waals surface area (Å²) in [5.41, 5.74) is 1.50. The molecule has 1 aromatic rings. The van der Waals surface area contributed by atoms with Gasteiger partial charge in [-0.1, -0.05) is 11.6 Å². The molecule has 1 amide bonds. The number of allylic oxidation sites excluding steroid dienone is 1. The van der Waals surface area contributed by atoms with Gasteiger partial charge >= 0.3 is 0 Å². The summed E-state index contributed by atoms with van der Waals surface area (Å²) in [5.74, 6) is 0.0683. The number of aromatic nitrogens is 2. The van der Waals surface area contributed by atoms with Crippen molar-refractivity contribution >= 4 is 5.91 Å². The van der Waals surface area contributed by atoms with Gasteiger partial charge in [0.15, 0.2) is 0 Å². The van der Waals surface area contributed by atoms with Crippen molar-refractivity contribution in [2.75, 3.05) is 13.1 Å². The third-order valence-electron chi connectivity index (χ3n) is 3.78. The maximum Gasteiger partial charge on any atom is 0.233 e. The van der Waals surface area contributed by atoms with Crippen LogP contribution in [0.2, 0.25) is 0 Å². The Morgan fingerprint density at radius 3 is 3.10 bits per heavy atom. The van der Waals surface area contributed by atoms with Crippen molar-refractivity contribution in [2.24, 2.45) is 0 Å². The van der Waals surface area contributed by atoms with Crippen LogP contribution in [0.1, 0.15) is 39.0 Å². The molecule has 0 bridgehead atoms. The van der Waals surface area contributed by atoms with Gasteiger partial charge in [0.2, 0.25) is 5.91 Å². The summed E-state index contributed by atoms with van der Waals surface area (Å²) in [4.78, 5) is 11.8.